The van der Waals surface area contributed by atoms with Crippen molar-refractivity contribution in [3.63, 3.8) is 0 Å². The average Bonchev–Trinajstić information content (AvgIpc) is 2.89. The second-order valence-corrected chi connectivity index (χ2v) is 9.04. The summed E-state index contributed by atoms with van der Waals surface area (Å²) >= 11 is 6.29. The Bertz CT molecular complexity index is 951. The zero-order valence-electron chi connectivity index (χ0n) is 17.5. The predicted octanol–water partition coefficient (Wildman–Crippen LogP) is 5.54. The average molecular weight is 412 g/mol. The van der Waals surface area contributed by atoms with Gasteiger partial charge in [0, 0.05) is 0 Å². The lowest BCUT2D eigenvalue weighted by Gasteiger charge is -2.21. The molecule has 1 aliphatic rings. The summed E-state index contributed by atoms with van der Waals surface area (Å²) in [6.45, 7) is 11.1. The van der Waals surface area contributed by atoms with Crippen LogP contribution in [0.1, 0.15) is 45.7 Å². The van der Waals surface area contributed by atoms with Gasteiger partial charge in [-0.15, -0.1) is 0 Å². The first kappa shape index (κ1) is 21.1. The van der Waals surface area contributed by atoms with Crippen molar-refractivity contribution in [2.45, 2.75) is 40.0 Å². The number of carbonyl (C=O) groups is 2. The molecule has 0 atom stereocenters. The number of carbonyl (C=O) groups excluding carboxylic acids is 2. The molecule has 0 aromatic heterocycles. The number of halogens is 1. The minimum Gasteiger partial charge on any atom is -0.493 e. The van der Waals surface area contributed by atoms with Gasteiger partial charge < -0.3 is 4.74 Å². The molecular weight excluding hydrogens is 386 g/mol. The fraction of sp³-hybridized carbons (Fsp3) is 0.333. The number of anilines is 1. The van der Waals surface area contributed by atoms with Crippen LogP contribution in [0.2, 0.25) is 0 Å². The van der Waals surface area contributed by atoms with E-state index in [0.29, 0.717) is 29.5 Å². The van der Waals surface area contributed by atoms with Crippen molar-refractivity contribution in [1.82, 2.24) is 0 Å². The molecule has 5 heteroatoms. The van der Waals surface area contributed by atoms with Crippen molar-refractivity contribution in [3.8, 4) is 5.75 Å². The smallest absolute Gasteiger partial charge is 0.277 e. The molecule has 0 spiro atoms. The predicted molar refractivity (Wildman–Crippen MR) is 117 cm³/mol. The molecule has 3 rings (SSSR count). The fourth-order valence-electron chi connectivity index (χ4n) is 3.08. The first-order valence-electron chi connectivity index (χ1n) is 9.72. The lowest BCUT2D eigenvalue weighted by Crippen LogP contribution is -2.31. The Morgan fingerprint density at radius 1 is 0.931 bits per heavy atom. The molecule has 152 valence electrons. The van der Waals surface area contributed by atoms with Crippen LogP contribution in [0.15, 0.2) is 53.6 Å². The van der Waals surface area contributed by atoms with Gasteiger partial charge in [-0.25, -0.2) is 4.90 Å². The van der Waals surface area contributed by atoms with E-state index in [9.17, 15) is 9.59 Å². The number of rotatable bonds is 5. The molecule has 2 aromatic rings. The number of hydrogen-bond donors (Lipinski definition) is 0. The Balaban J connectivity index is 1.85. The summed E-state index contributed by atoms with van der Waals surface area (Å²) in [5.74, 6) is 0.208. The van der Waals surface area contributed by atoms with Crippen molar-refractivity contribution >= 4 is 34.7 Å². The van der Waals surface area contributed by atoms with Crippen LogP contribution in [0.3, 0.4) is 0 Å². The quantitative estimate of drug-likeness (QED) is 0.606. The second kappa shape index (κ2) is 8.03. The Kier molecular flexibility index (Phi) is 5.85. The SMILES string of the molecule is CC(C)COc1ccc(C2=C(Cl)C(=O)N(c3ccc(C(C)(C)C)cc3)C2=O)cc1. The van der Waals surface area contributed by atoms with Crippen LogP contribution in [0.25, 0.3) is 5.57 Å². The lowest BCUT2D eigenvalue weighted by molar-refractivity contribution is -0.119. The highest BCUT2D eigenvalue weighted by atomic mass is 35.5. The molecule has 0 radical (unpaired) electrons. The van der Waals surface area contributed by atoms with Crippen molar-refractivity contribution in [1.29, 1.82) is 0 Å². The Hall–Kier alpha value is -2.59. The van der Waals surface area contributed by atoms with Crippen LogP contribution in [0.4, 0.5) is 5.69 Å². The molecule has 0 fully saturated rings. The van der Waals surface area contributed by atoms with Gasteiger partial charge in [0.2, 0.25) is 0 Å². The van der Waals surface area contributed by atoms with Gasteiger partial charge in [-0.3, -0.25) is 9.59 Å². The molecule has 29 heavy (non-hydrogen) atoms. The van der Waals surface area contributed by atoms with E-state index in [1.165, 1.54) is 0 Å². The maximum atomic E-state index is 13.0. The molecule has 0 bridgehead atoms. The van der Waals surface area contributed by atoms with Gasteiger partial charge in [0.1, 0.15) is 10.8 Å². The van der Waals surface area contributed by atoms with Crippen LogP contribution < -0.4 is 9.64 Å². The number of nitrogens with zero attached hydrogens (tertiary/aromatic N) is 1. The third-order valence-electron chi connectivity index (χ3n) is 4.75. The van der Waals surface area contributed by atoms with E-state index in [0.717, 1.165) is 10.5 Å². The number of benzene rings is 2. The minimum absolute atomic E-state index is 0.0159. The van der Waals surface area contributed by atoms with Crippen LogP contribution in [0, 0.1) is 5.92 Å². The minimum atomic E-state index is -0.504. The van der Waals surface area contributed by atoms with E-state index in [-0.39, 0.29) is 16.0 Å². The molecule has 1 heterocycles. The summed E-state index contributed by atoms with van der Waals surface area (Å²) in [7, 11) is 0. The van der Waals surface area contributed by atoms with Crippen LogP contribution in [-0.2, 0) is 15.0 Å². The highest BCUT2D eigenvalue weighted by molar-refractivity contribution is 6.60. The second-order valence-electron chi connectivity index (χ2n) is 8.66. The molecule has 2 aromatic carbocycles. The molecule has 1 aliphatic heterocycles. The zero-order chi connectivity index (χ0) is 21.3. The van der Waals surface area contributed by atoms with E-state index < -0.39 is 11.8 Å². The van der Waals surface area contributed by atoms with Crippen molar-refractivity contribution in [2.24, 2.45) is 5.92 Å². The first-order valence-corrected chi connectivity index (χ1v) is 10.1. The standard InChI is InChI=1S/C24H26ClNO3/c1-15(2)14-29-19-12-6-16(7-13-19)20-21(25)23(28)26(22(20)27)18-10-8-17(9-11-18)24(3,4)5/h6-13,15H,14H2,1-5H3. The van der Waals surface area contributed by atoms with Gasteiger partial charge in [-0.2, -0.15) is 0 Å². The summed E-state index contributed by atoms with van der Waals surface area (Å²) in [5, 5.41) is -0.0641. The number of hydrogen-bond acceptors (Lipinski definition) is 3. The van der Waals surface area contributed by atoms with Crippen LogP contribution >= 0.6 is 11.6 Å². The van der Waals surface area contributed by atoms with E-state index >= 15 is 0 Å². The van der Waals surface area contributed by atoms with Gasteiger partial charge in [-0.1, -0.05) is 70.5 Å². The van der Waals surface area contributed by atoms with Crippen molar-refractivity contribution in [3.05, 3.63) is 64.7 Å². The summed E-state index contributed by atoms with van der Waals surface area (Å²) < 4.78 is 5.68. The maximum Gasteiger partial charge on any atom is 0.277 e. The highest BCUT2D eigenvalue weighted by Gasteiger charge is 2.39. The van der Waals surface area contributed by atoms with E-state index in [4.69, 9.17) is 16.3 Å². The van der Waals surface area contributed by atoms with E-state index in [2.05, 4.69) is 34.6 Å². The molecule has 0 unspecified atom stereocenters. The molecule has 0 saturated heterocycles. The lowest BCUT2D eigenvalue weighted by atomic mass is 9.87. The summed E-state index contributed by atoms with van der Waals surface area (Å²) in [4.78, 5) is 26.9. The number of amides is 2. The normalized spacial score (nSPS) is 14.9. The van der Waals surface area contributed by atoms with Gasteiger partial charge in [0.05, 0.1) is 17.9 Å². The summed E-state index contributed by atoms with van der Waals surface area (Å²) in [6.07, 6.45) is 0. The molecule has 0 N–H and O–H groups in total. The molecule has 4 nitrogen and oxygen atoms in total. The van der Waals surface area contributed by atoms with Gasteiger partial charge in [-0.05, 0) is 46.7 Å². The van der Waals surface area contributed by atoms with E-state index in [1.807, 2.05) is 12.1 Å². The van der Waals surface area contributed by atoms with Gasteiger partial charge in [0.15, 0.2) is 0 Å². The fourth-order valence-corrected chi connectivity index (χ4v) is 3.35. The molecular formula is C24H26ClNO3. The largest absolute Gasteiger partial charge is 0.493 e. The molecule has 2 amide bonds. The monoisotopic (exact) mass is 411 g/mol. The Morgan fingerprint density at radius 2 is 1.52 bits per heavy atom. The first-order chi connectivity index (χ1) is 13.6. The Morgan fingerprint density at radius 3 is 2.03 bits per heavy atom. The maximum absolute atomic E-state index is 13.0. The molecule has 0 saturated carbocycles. The van der Waals surface area contributed by atoms with Gasteiger partial charge in [0.25, 0.3) is 11.8 Å². The van der Waals surface area contributed by atoms with Gasteiger partial charge >= 0.3 is 0 Å². The zero-order valence-corrected chi connectivity index (χ0v) is 18.2. The van der Waals surface area contributed by atoms with Crippen molar-refractivity contribution < 1.29 is 14.3 Å². The third kappa shape index (κ3) is 4.38. The summed E-state index contributed by atoms with van der Waals surface area (Å²) in [5.41, 5.74) is 2.43. The van der Waals surface area contributed by atoms with Crippen LogP contribution in [-0.4, -0.2) is 18.4 Å². The summed E-state index contributed by atoms with van der Waals surface area (Å²) in [6, 6.07) is 14.5. The topological polar surface area (TPSA) is 46.6 Å². The number of imide groups is 1. The molecule has 0 aliphatic carbocycles. The highest BCUT2D eigenvalue weighted by Crippen LogP contribution is 2.36. The Labute approximate surface area is 177 Å². The van der Waals surface area contributed by atoms with E-state index in [1.54, 1.807) is 36.4 Å². The van der Waals surface area contributed by atoms with Crippen molar-refractivity contribution in [2.75, 3.05) is 11.5 Å². The van der Waals surface area contributed by atoms with Crippen LogP contribution in [0.5, 0.6) is 5.75 Å². The number of ether oxygens (including phenoxy) is 1. The third-order valence-corrected chi connectivity index (χ3v) is 5.10.